The maximum absolute atomic E-state index is 12.2. The molecule has 0 N–H and O–H groups in total. The van der Waals surface area contributed by atoms with Crippen LogP contribution in [0.2, 0.25) is 0 Å². The van der Waals surface area contributed by atoms with E-state index in [1.165, 1.54) is 18.7 Å². The molecule has 2 aromatic rings. The molecule has 5 nitrogen and oxygen atoms in total. The highest BCUT2D eigenvalue weighted by molar-refractivity contribution is 6.02. The molecule has 0 saturated carbocycles. The highest BCUT2D eigenvalue weighted by Crippen LogP contribution is 2.26. The summed E-state index contributed by atoms with van der Waals surface area (Å²) in [5.74, 6) is 0.717. The lowest BCUT2D eigenvalue weighted by molar-refractivity contribution is 0.0917. The SMILES string of the molecule is O=C(CCC(=O)c1ccc2c(c1)CCCO2)c1cncnc1. The van der Waals surface area contributed by atoms with Crippen LogP contribution in [0.4, 0.5) is 0 Å². The van der Waals surface area contributed by atoms with E-state index in [1.807, 2.05) is 12.1 Å². The van der Waals surface area contributed by atoms with Gasteiger partial charge in [0.25, 0.3) is 0 Å². The van der Waals surface area contributed by atoms with Gasteiger partial charge in [-0.15, -0.1) is 0 Å². The summed E-state index contributed by atoms with van der Waals surface area (Å²) in [7, 11) is 0. The number of carbonyl (C=O) groups is 2. The molecule has 1 aliphatic rings. The van der Waals surface area contributed by atoms with E-state index in [-0.39, 0.29) is 24.4 Å². The first-order chi connectivity index (χ1) is 10.7. The molecule has 0 bridgehead atoms. The molecule has 112 valence electrons. The highest BCUT2D eigenvalue weighted by atomic mass is 16.5. The number of hydrogen-bond donors (Lipinski definition) is 0. The molecule has 0 aliphatic carbocycles. The normalized spacial score (nSPS) is 13.1. The topological polar surface area (TPSA) is 69.2 Å². The maximum atomic E-state index is 12.2. The Kier molecular flexibility index (Phi) is 4.23. The Morgan fingerprint density at radius 2 is 1.77 bits per heavy atom. The van der Waals surface area contributed by atoms with Gasteiger partial charge >= 0.3 is 0 Å². The number of hydrogen-bond acceptors (Lipinski definition) is 5. The van der Waals surface area contributed by atoms with Gasteiger partial charge in [0.05, 0.1) is 12.2 Å². The van der Waals surface area contributed by atoms with Crippen LogP contribution in [0.3, 0.4) is 0 Å². The summed E-state index contributed by atoms with van der Waals surface area (Å²) in [6.45, 7) is 0.730. The van der Waals surface area contributed by atoms with E-state index >= 15 is 0 Å². The van der Waals surface area contributed by atoms with Crippen molar-refractivity contribution in [1.29, 1.82) is 0 Å². The van der Waals surface area contributed by atoms with Crippen molar-refractivity contribution in [1.82, 2.24) is 9.97 Å². The molecule has 22 heavy (non-hydrogen) atoms. The van der Waals surface area contributed by atoms with E-state index in [4.69, 9.17) is 4.74 Å². The van der Waals surface area contributed by atoms with Crippen molar-refractivity contribution in [3.8, 4) is 5.75 Å². The zero-order valence-electron chi connectivity index (χ0n) is 12.1. The molecule has 0 radical (unpaired) electrons. The van der Waals surface area contributed by atoms with Gasteiger partial charge in [0, 0.05) is 30.8 Å². The van der Waals surface area contributed by atoms with Gasteiger partial charge in [-0.3, -0.25) is 9.59 Å². The predicted molar refractivity (Wildman–Crippen MR) is 80.2 cm³/mol. The van der Waals surface area contributed by atoms with Crippen molar-refractivity contribution >= 4 is 11.6 Å². The van der Waals surface area contributed by atoms with Crippen molar-refractivity contribution in [3.05, 3.63) is 53.6 Å². The first kappa shape index (κ1) is 14.4. The summed E-state index contributed by atoms with van der Waals surface area (Å²) >= 11 is 0. The third-order valence-corrected chi connectivity index (χ3v) is 3.69. The smallest absolute Gasteiger partial charge is 0.166 e. The quantitative estimate of drug-likeness (QED) is 0.793. The van der Waals surface area contributed by atoms with E-state index < -0.39 is 0 Å². The first-order valence-electron chi connectivity index (χ1n) is 7.31. The third-order valence-electron chi connectivity index (χ3n) is 3.69. The molecule has 1 aliphatic heterocycles. The fourth-order valence-corrected chi connectivity index (χ4v) is 2.49. The number of aromatic nitrogens is 2. The van der Waals surface area contributed by atoms with Crippen molar-refractivity contribution in [3.63, 3.8) is 0 Å². The average molecular weight is 296 g/mol. The Bertz CT molecular complexity index is 698. The molecule has 2 heterocycles. The van der Waals surface area contributed by atoms with Gasteiger partial charge in [-0.25, -0.2) is 9.97 Å². The Morgan fingerprint density at radius 1 is 1.05 bits per heavy atom. The molecule has 1 aromatic heterocycles. The molecule has 0 unspecified atom stereocenters. The molecule has 0 amide bonds. The number of aryl methyl sites for hydroxylation is 1. The molecule has 5 heteroatoms. The summed E-state index contributed by atoms with van der Waals surface area (Å²) in [5.41, 5.74) is 2.15. The minimum atomic E-state index is -0.116. The minimum Gasteiger partial charge on any atom is -0.493 e. The van der Waals surface area contributed by atoms with Crippen LogP contribution in [0.15, 0.2) is 36.9 Å². The maximum Gasteiger partial charge on any atom is 0.166 e. The van der Waals surface area contributed by atoms with Gasteiger partial charge in [0.1, 0.15) is 12.1 Å². The van der Waals surface area contributed by atoms with Crippen molar-refractivity contribution < 1.29 is 14.3 Å². The van der Waals surface area contributed by atoms with E-state index in [1.54, 1.807) is 6.07 Å². The Balaban J connectivity index is 1.64. The molecule has 0 saturated heterocycles. The van der Waals surface area contributed by atoms with E-state index in [2.05, 4.69) is 9.97 Å². The van der Waals surface area contributed by atoms with Gasteiger partial charge in [0.15, 0.2) is 11.6 Å². The lowest BCUT2D eigenvalue weighted by Gasteiger charge is -2.17. The number of nitrogens with zero attached hydrogens (tertiary/aromatic N) is 2. The van der Waals surface area contributed by atoms with Gasteiger partial charge in [-0.1, -0.05) is 0 Å². The largest absolute Gasteiger partial charge is 0.493 e. The summed E-state index contributed by atoms with van der Waals surface area (Å²) in [6, 6.07) is 5.49. The molecular weight excluding hydrogens is 280 g/mol. The fraction of sp³-hybridized carbons (Fsp3) is 0.294. The number of ketones is 2. The minimum absolute atomic E-state index is 0.0291. The van der Waals surface area contributed by atoms with Crippen LogP contribution in [0.25, 0.3) is 0 Å². The number of benzene rings is 1. The lowest BCUT2D eigenvalue weighted by Crippen LogP contribution is -2.10. The zero-order chi connectivity index (χ0) is 15.4. The second-order valence-electron chi connectivity index (χ2n) is 5.25. The summed E-state index contributed by atoms with van der Waals surface area (Å²) in [4.78, 5) is 31.8. The third kappa shape index (κ3) is 3.19. The van der Waals surface area contributed by atoms with Crippen molar-refractivity contribution in [2.45, 2.75) is 25.7 Å². The van der Waals surface area contributed by atoms with Crippen LogP contribution < -0.4 is 4.74 Å². The van der Waals surface area contributed by atoms with Crippen molar-refractivity contribution in [2.24, 2.45) is 0 Å². The molecule has 0 spiro atoms. The second-order valence-corrected chi connectivity index (χ2v) is 5.25. The number of ether oxygens (including phenoxy) is 1. The average Bonchev–Trinajstić information content (AvgIpc) is 2.59. The Morgan fingerprint density at radius 3 is 2.55 bits per heavy atom. The Hall–Kier alpha value is -2.56. The van der Waals surface area contributed by atoms with Gasteiger partial charge in [0.2, 0.25) is 0 Å². The van der Waals surface area contributed by atoms with Crippen LogP contribution in [0.1, 0.15) is 45.5 Å². The summed E-state index contributed by atoms with van der Waals surface area (Å²) < 4.78 is 5.53. The number of rotatable bonds is 5. The first-order valence-corrected chi connectivity index (χ1v) is 7.31. The number of fused-ring (bicyclic) bond motifs is 1. The van der Waals surface area contributed by atoms with Crippen LogP contribution in [0, 0.1) is 0 Å². The second kappa shape index (κ2) is 6.47. The highest BCUT2D eigenvalue weighted by Gasteiger charge is 2.15. The Labute approximate surface area is 128 Å². The van der Waals surface area contributed by atoms with Crippen molar-refractivity contribution in [2.75, 3.05) is 6.61 Å². The number of carbonyl (C=O) groups excluding carboxylic acids is 2. The predicted octanol–water partition coefficient (Wildman–Crippen LogP) is 2.65. The van der Waals surface area contributed by atoms with Crippen LogP contribution in [-0.4, -0.2) is 28.1 Å². The van der Waals surface area contributed by atoms with E-state index in [0.717, 1.165) is 30.8 Å². The summed E-state index contributed by atoms with van der Waals surface area (Å²) in [6.07, 6.45) is 6.56. The van der Waals surface area contributed by atoms with Gasteiger partial charge in [-0.2, -0.15) is 0 Å². The zero-order valence-corrected chi connectivity index (χ0v) is 12.1. The number of Topliss-reactive ketones (excluding diaryl/α,β-unsaturated/α-hetero) is 2. The summed E-state index contributed by atoms with van der Waals surface area (Å²) in [5, 5.41) is 0. The van der Waals surface area contributed by atoms with E-state index in [9.17, 15) is 9.59 Å². The van der Waals surface area contributed by atoms with Gasteiger partial charge in [-0.05, 0) is 36.6 Å². The van der Waals surface area contributed by atoms with E-state index in [0.29, 0.717) is 11.1 Å². The van der Waals surface area contributed by atoms with Gasteiger partial charge < -0.3 is 4.74 Å². The molecule has 3 rings (SSSR count). The van der Waals surface area contributed by atoms with Crippen LogP contribution in [0.5, 0.6) is 5.75 Å². The van der Waals surface area contributed by atoms with Crippen LogP contribution >= 0.6 is 0 Å². The standard InChI is InChI=1S/C17H16N2O3/c20-15(4-5-16(21)14-9-18-11-19-10-14)12-3-6-17-13(8-12)2-1-7-22-17/h3,6,8-11H,1-2,4-5,7H2. The lowest BCUT2D eigenvalue weighted by atomic mass is 9.98. The molecule has 0 fully saturated rings. The molecule has 0 atom stereocenters. The fourth-order valence-electron chi connectivity index (χ4n) is 2.49. The molecular formula is C17H16N2O3. The monoisotopic (exact) mass is 296 g/mol. The molecule has 1 aromatic carbocycles. The van der Waals surface area contributed by atoms with Crippen LogP contribution in [-0.2, 0) is 6.42 Å².